The Morgan fingerprint density at radius 2 is 1.82 bits per heavy atom. The highest BCUT2D eigenvalue weighted by Gasteiger charge is 2.54. The first-order valence-corrected chi connectivity index (χ1v) is 12.0. The minimum Gasteiger partial charge on any atom is -0.343 e. The second-order valence-electron chi connectivity index (χ2n) is 10.0. The maximum Gasteiger partial charge on any atom is 0.406 e. The number of imide groups is 1. The molecule has 0 saturated carbocycles. The fourth-order valence-corrected chi connectivity index (χ4v) is 5.82. The summed E-state index contributed by atoms with van der Waals surface area (Å²) in [5, 5.41) is 5.20. The van der Waals surface area contributed by atoms with Crippen LogP contribution in [0.3, 0.4) is 0 Å². The molecule has 2 aromatic rings. The van der Waals surface area contributed by atoms with E-state index in [-0.39, 0.29) is 37.3 Å². The Hall–Kier alpha value is -4.29. The molecule has 4 aliphatic rings. The third-order valence-corrected chi connectivity index (χ3v) is 7.63. The molecule has 13 heteroatoms. The van der Waals surface area contributed by atoms with Crippen molar-refractivity contribution in [3.05, 3.63) is 47.5 Å². The number of hydrogen-bond donors (Lipinski definition) is 2. The van der Waals surface area contributed by atoms with Crippen LogP contribution in [0.4, 0.5) is 40.7 Å². The number of carbonyl (C=O) groups is 4. The Morgan fingerprint density at radius 1 is 1.08 bits per heavy atom. The maximum atomic E-state index is 13.1. The molecule has 0 radical (unpaired) electrons. The van der Waals surface area contributed by atoms with E-state index < -0.39 is 30.2 Å². The number of alkyl halides is 3. The average molecular weight is 528 g/mol. The van der Waals surface area contributed by atoms with Gasteiger partial charge in [-0.05, 0) is 35.4 Å². The lowest BCUT2D eigenvalue weighted by atomic mass is 9.95. The number of para-hydroxylation sites is 1. The predicted octanol–water partition coefficient (Wildman–Crippen LogP) is 1.84. The monoisotopic (exact) mass is 528 g/mol. The molecule has 38 heavy (non-hydrogen) atoms. The summed E-state index contributed by atoms with van der Waals surface area (Å²) in [7, 11) is 1.59. The summed E-state index contributed by atoms with van der Waals surface area (Å²) < 4.78 is 39.3. The molecule has 0 aromatic heterocycles. The van der Waals surface area contributed by atoms with Gasteiger partial charge in [-0.1, -0.05) is 12.1 Å². The summed E-state index contributed by atoms with van der Waals surface area (Å²) in [6.45, 7) is -1.48. The fraction of sp³-hybridized carbons (Fsp3) is 0.360. The number of amides is 5. The van der Waals surface area contributed by atoms with Gasteiger partial charge >= 0.3 is 12.2 Å². The fourth-order valence-electron chi connectivity index (χ4n) is 5.82. The van der Waals surface area contributed by atoms with E-state index in [1.54, 1.807) is 41.1 Å². The Balaban J connectivity index is 1.17. The van der Waals surface area contributed by atoms with Crippen LogP contribution in [-0.2, 0) is 27.2 Å². The van der Waals surface area contributed by atoms with Crippen molar-refractivity contribution in [2.24, 2.45) is 0 Å². The number of hydrogen-bond acceptors (Lipinski definition) is 6. The second-order valence-corrected chi connectivity index (χ2v) is 10.0. The van der Waals surface area contributed by atoms with E-state index in [1.807, 2.05) is 6.07 Å². The lowest BCUT2D eigenvalue weighted by molar-refractivity contribution is -0.131. The number of urea groups is 1. The zero-order chi connectivity index (χ0) is 27.0. The summed E-state index contributed by atoms with van der Waals surface area (Å²) in [5.41, 5.74) is 2.59. The van der Waals surface area contributed by atoms with Crippen LogP contribution in [0, 0.1) is 0 Å². The third kappa shape index (κ3) is 3.72. The minimum atomic E-state index is -4.54. The molecular formula is C25H23F3N6O4. The van der Waals surface area contributed by atoms with Crippen molar-refractivity contribution in [1.29, 1.82) is 0 Å². The Kier molecular flexibility index (Phi) is 5.13. The molecule has 3 heterocycles. The lowest BCUT2D eigenvalue weighted by Crippen LogP contribution is -2.49. The highest BCUT2D eigenvalue weighted by molar-refractivity contribution is 6.09. The quantitative estimate of drug-likeness (QED) is 0.587. The summed E-state index contributed by atoms with van der Waals surface area (Å²) in [6.07, 6.45) is -3.82. The van der Waals surface area contributed by atoms with Crippen molar-refractivity contribution in [3.63, 3.8) is 0 Å². The number of nitrogens with one attached hydrogen (secondary N) is 2. The Morgan fingerprint density at radius 3 is 2.53 bits per heavy atom. The predicted molar refractivity (Wildman–Crippen MR) is 131 cm³/mol. The van der Waals surface area contributed by atoms with E-state index in [2.05, 4.69) is 10.6 Å². The molecule has 198 valence electrons. The van der Waals surface area contributed by atoms with Crippen molar-refractivity contribution >= 4 is 46.5 Å². The van der Waals surface area contributed by atoms with Gasteiger partial charge in [-0.25, -0.2) is 4.79 Å². The molecule has 2 aromatic carbocycles. The summed E-state index contributed by atoms with van der Waals surface area (Å²) in [4.78, 5) is 55.5. The topological polar surface area (TPSA) is 105 Å². The normalized spacial score (nSPS) is 21.8. The van der Waals surface area contributed by atoms with E-state index in [9.17, 15) is 32.3 Å². The smallest absolute Gasteiger partial charge is 0.343 e. The van der Waals surface area contributed by atoms with Crippen molar-refractivity contribution in [2.45, 2.75) is 24.6 Å². The van der Waals surface area contributed by atoms with E-state index in [0.29, 0.717) is 29.9 Å². The SMILES string of the molecule is CN1C(=O)NC(=O)C12Cc1ccc(NC(=O)CN3CN4CC(=O)N(CC(F)(F)F)c5cccc3c54)cc1C2. The number of anilines is 4. The summed E-state index contributed by atoms with van der Waals surface area (Å²) in [5.74, 6) is -1.34. The second kappa shape index (κ2) is 8.10. The van der Waals surface area contributed by atoms with Crippen LogP contribution in [0.15, 0.2) is 36.4 Å². The number of fused-ring (bicyclic) bond motifs is 1. The molecule has 1 fully saturated rings. The summed E-state index contributed by atoms with van der Waals surface area (Å²) >= 11 is 0. The van der Waals surface area contributed by atoms with Crippen LogP contribution < -0.4 is 25.3 Å². The Labute approximate surface area is 214 Å². The molecule has 1 unspecified atom stereocenters. The van der Waals surface area contributed by atoms with Gasteiger partial charge in [0.25, 0.3) is 5.91 Å². The van der Waals surface area contributed by atoms with Gasteiger partial charge in [-0.2, -0.15) is 13.2 Å². The van der Waals surface area contributed by atoms with Crippen molar-refractivity contribution in [3.8, 4) is 0 Å². The average Bonchev–Trinajstić information content (AvgIpc) is 3.45. The molecule has 10 nitrogen and oxygen atoms in total. The highest BCUT2D eigenvalue weighted by Crippen LogP contribution is 2.46. The summed E-state index contributed by atoms with van der Waals surface area (Å²) in [6, 6.07) is 9.67. The van der Waals surface area contributed by atoms with Crippen LogP contribution >= 0.6 is 0 Å². The van der Waals surface area contributed by atoms with Gasteiger partial charge in [0, 0.05) is 25.6 Å². The first-order valence-electron chi connectivity index (χ1n) is 12.0. The maximum absolute atomic E-state index is 13.1. The standard InChI is InChI=1S/C25H23F3N6O4/c1-31-23(38)30-22(37)24(31)8-14-5-6-16(7-15(14)9-24)29-19(35)10-32-13-33-11-20(36)34(12-25(26,27)28)18-4-2-3-17(32)21(18)33/h2-7H,8-13H2,1H3,(H,29,35)(H,30,37,38). The molecule has 2 N–H and O–H groups in total. The van der Waals surface area contributed by atoms with Crippen LogP contribution in [0.5, 0.6) is 0 Å². The van der Waals surface area contributed by atoms with E-state index in [1.165, 1.54) is 11.0 Å². The van der Waals surface area contributed by atoms with Gasteiger partial charge in [0.05, 0.1) is 36.8 Å². The van der Waals surface area contributed by atoms with Crippen molar-refractivity contribution < 1.29 is 32.3 Å². The van der Waals surface area contributed by atoms with E-state index in [0.717, 1.165) is 16.0 Å². The van der Waals surface area contributed by atoms with E-state index >= 15 is 0 Å². The zero-order valence-corrected chi connectivity index (χ0v) is 20.3. The largest absolute Gasteiger partial charge is 0.406 e. The molecule has 1 saturated heterocycles. The molecule has 5 amide bonds. The number of carbonyl (C=O) groups excluding carboxylic acids is 4. The van der Waals surface area contributed by atoms with Crippen molar-refractivity contribution in [2.75, 3.05) is 53.4 Å². The van der Waals surface area contributed by atoms with Crippen LogP contribution in [0.1, 0.15) is 11.1 Å². The molecule has 3 aliphatic heterocycles. The van der Waals surface area contributed by atoms with Gasteiger partial charge < -0.3 is 20.0 Å². The minimum absolute atomic E-state index is 0.0823. The number of likely N-dealkylation sites (N-methyl/N-ethyl adjacent to an activating group) is 1. The number of nitrogens with zero attached hydrogens (tertiary/aromatic N) is 4. The van der Waals surface area contributed by atoms with Crippen LogP contribution in [-0.4, -0.2) is 73.7 Å². The Bertz CT molecular complexity index is 1410. The number of rotatable bonds is 4. The van der Waals surface area contributed by atoms with Gasteiger partial charge in [-0.15, -0.1) is 0 Å². The van der Waals surface area contributed by atoms with Crippen LogP contribution in [0.2, 0.25) is 0 Å². The van der Waals surface area contributed by atoms with Crippen LogP contribution in [0.25, 0.3) is 0 Å². The lowest BCUT2D eigenvalue weighted by Gasteiger charge is -2.34. The van der Waals surface area contributed by atoms with E-state index in [4.69, 9.17) is 0 Å². The van der Waals surface area contributed by atoms with Gasteiger partial charge in [-0.3, -0.25) is 24.6 Å². The molecular weight excluding hydrogens is 505 g/mol. The number of halogens is 3. The van der Waals surface area contributed by atoms with Gasteiger partial charge in [0.1, 0.15) is 12.1 Å². The molecule has 1 spiro atoms. The third-order valence-electron chi connectivity index (χ3n) is 7.63. The molecule has 1 aliphatic carbocycles. The molecule has 0 bridgehead atoms. The van der Waals surface area contributed by atoms with Crippen molar-refractivity contribution in [1.82, 2.24) is 10.2 Å². The number of benzene rings is 2. The molecule has 6 rings (SSSR count). The first kappa shape index (κ1) is 24.1. The highest BCUT2D eigenvalue weighted by atomic mass is 19.4. The van der Waals surface area contributed by atoms with Gasteiger partial charge in [0.15, 0.2) is 0 Å². The molecule has 1 atom stereocenters. The zero-order valence-electron chi connectivity index (χ0n) is 20.3. The first-order chi connectivity index (χ1) is 17.9. The van der Waals surface area contributed by atoms with Gasteiger partial charge in [0.2, 0.25) is 11.8 Å².